The average molecular weight is 471 g/mol. The van der Waals surface area contributed by atoms with Crippen LogP contribution in [-0.2, 0) is 25.7 Å². The predicted octanol–water partition coefficient (Wildman–Crippen LogP) is 1.69. The van der Waals surface area contributed by atoms with Gasteiger partial charge in [-0.3, -0.25) is 29.4 Å². The van der Waals surface area contributed by atoms with Gasteiger partial charge in [0.05, 0.1) is 0 Å². The first-order valence-electron chi connectivity index (χ1n) is 12.1. The van der Waals surface area contributed by atoms with Crippen molar-refractivity contribution in [2.75, 3.05) is 37.6 Å². The molecule has 1 aromatic carbocycles. The molecule has 1 atom stereocenters. The number of carbonyl (C=O) groups excluding carboxylic acids is 4. The van der Waals surface area contributed by atoms with Crippen molar-refractivity contribution in [3.8, 4) is 0 Å². The van der Waals surface area contributed by atoms with Gasteiger partial charge in [0.1, 0.15) is 11.6 Å². The zero-order valence-electron chi connectivity index (χ0n) is 20.3. The Balaban J connectivity index is 1.28. The number of hydrogen-bond acceptors (Lipinski definition) is 7. The Kier molecular flexibility index (Phi) is 6.93. The van der Waals surface area contributed by atoms with Crippen molar-refractivity contribution >= 4 is 29.4 Å². The van der Waals surface area contributed by atoms with E-state index < -0.39 is 11.6 Å². The van der Waals surface area contributed by atoms with Crippen LogP contribution in [0.25, 0.3) is 0 Å². The minimum Gasteiger partial charge on any atom is -0.460 e. The van der Waals surface area contributed by atoms with Crippen LogP contribution in [0.15, 0.2) is 18.2 Å². The molecule has 3 amide bonds. The zero-order chi connectivity index (χ0) is 24.5. The summed E-state index contributed by atoms with van der Waals surface area (Å²) in [5.41, 5.74) is 2.19. The first-order chi connectivity index (χ1) is 16.1. The van der Waals surface area contributed by atoms with Crippen molar-refractivity contribution in [3.05, 3.63) is 29.3 Å². The Bertz CT molecular complexity index is 978. The first kappa shape index (κ1) is 24.2. The lowest BCUT2D eigenvalue weighted by atomic mass is 10.0. The van der Waals surface area contributed by atoms with Gasteiger partial charge < -0.3 is 14.5 Å². The van der Waals surface area contributed by atoms with Crippen LogP contribution in [0.5, 0.6) is 0 Å². The standard InChI is InChI=1S/C25H34N4O5/c1-25(2,3)34-22(31)5-4-10-27-11-13-28(14-12-27)18-6-7-19-17(15-18)16-29(24(19)33)20-8-9-21(30)26-23(20)32/h6-7,15,20H,4-5,8-14,16H2,1-3H3,(H,26,30,32). The van der Waals surface area contributed by atoms with Crippen LogP contribution in [0.2, 0.25) is 0 Å². The van der Waals surface area contributed by atoms with Crippen molar-refractivity contribution in [2.45, 2.75) is 64.6 Å². The summed E-state index contributed by atoms with van der Waals surface area (Å²) in [6, 6.07) is 5.29. The highest BCUT2D eigenvalue weighted by Crippen LogP contribution is 2.31. The Morgan fingerprint density at radius 1 is 1.12 bits per heavy atom. The number of fused-ring (bicyclic) bond motifs is 1. The van der Waals surface area contributed by atoms with Crippen LogP contribution >= 0.6 is 0 Å². The number of rotatable bonds is 6. The number of esters is 1. The molecule has 0 aromatic heterocycles. The van der Waals surface area contributed by atoms with Crippen LogP contribution < -0.4 is 10.2 Å². The maximum atomic E-state index is 12.9. The second-order valence-corrected chi connectivity index (χ2v) is 10.3. The van der Waals surface area contributed by atoms with Gasteiger partial charge in [0, 0.05) is 56.8 Å². The minimum atomic E-state index is -0.592. The molecule has 1 N–H and O–H groups in total. The molecule has 0 saturated carbocycles. The van der Waals surface area contributed by atoms with Gasteiger partial charge in [0.2, 0.25) is 11.8 Å². The van der Waals surface area contributed by atoms with Gasteiger partial charge in [-0.2, -0.15) is 0 Å². The van der Waals surface area contributed by atoms with E-state index in [2.05, 4.69) is 21.2 Å². The number of ether oxygens (including phenoxy) is 1. The second kappa shape index (κ2) is 9.74. The maximum absolute atomic E-state index is 12.9. The highest BCUT2D eigenvalue weighted by atomic mass is 16.6. The van der Waals surface area contributed by atoms with Gasteiger partial charge in [0.15, 0.2) is 0 Å². The topological polar surface area (TPSA) is 99.3 Å². The predicted molar refractivity (Wildman–Crippen MR) is 126 cm³/mol. The third-order valence-corrected chi connectivity index (χ3v) is 6.52. The van der Waals surface area contributed by atoms with Crippen molar-refractivity contribution in [3.63, 3.8) is 0 Å². The maximum Gasteiger partial charge on any atom is 0.306 e. The van der Waals surface area contributed by atoms with E-state index >= 15 is 0 Å². The van der Waals surface area contributed by atoms with Crippen molar-refractivity contribution in [2.24, 2.45) is 0 Å². The van der Waals surface area contributed by atoms with Crippen molar-refractivity contribution < 1.29 is 23.9 Å². The lowest BCUT2D eigenvalue weighted by molar-refractivity contribution is -0.155. The number of imide groups is 1. The van der Waals surface area contributed by atoms with Crippen LogP contribution in [0.4, 0.5) is 5.69 Å². The van der Waals surface area contributed by atoms with E-state index in [9.17, 15) is 19.2 Å². The van der Waals surface area contributed by atoms with E-state index in [-0.39, 0.29) is 30.1 Å². The molecule has 34 heavy (non-hydrogen) atoms. The molecule has 0 spiro atoms. The molecule has 0 radical (unpaired) electrons. The Hall–Kier alpha value is -2.94. The van der Waals surface area contributed by atoms with E-state index in [4.69, 9.17) is 4.74 Å². The van der Waals surface area contributed by atoms with Gasteiger partial charge in [0.25, 0.3) is 5.91 Å². The summed E-state index contributed by atoms with van der Waals surface area (Å²) in [5.74, 6) is -0.965. The quantitative estimate of drug-likeness (QED) is 0.499. The average Bonchev–Trinajstić information content (AvgIpc) is 3.08. The normalized spacial score (nSPS) is 21.5. The van der Waals surface area contributed by atoms with Crippen LogP contribution in [0, 0.1) is 0 Å². The van der Waals surface area contributed by atoms with Gasteiger partial charge in [-0.15, -0.1) is 0 Å². The summed E-state index contributed by atoms with van der Waals surface area (Å²) in [6.07, 6.45) is 1.84. The highest BCUT2D eigenvalue weighted by molar-refractivity contribution is 6.05. The van der Waals surface area contributed by atoms with Crippen molar-refractivity contribution in [1.82, 2.24) is 15.1 Å². The van der Waals surface area contributed by atoms with E-state index in [0.717, 1.165) is 50.4 Å². The molecule has 2 saturated heterocycles. The molecule has 3 heterocycles. The summed E-state index contributed by atoms with van der Waals surface area (Å²) >= 11 is 0. The number of nitrogens with zero attached hydrogens (tertiary/aromatic N) is 3. The number of piperidine rings is 1. The SMILES string of the molecule is CC(C)(C)OC(=O)CCCN1CCN(c2ccc3c(c2)CN(C2CCC(=O)NC2=O)C3=O)CC1. The third kappa shape index (κ3) is 5.58. The molecular weight excluding hydrogens is 436 g/mol. The van der Waals surface area contributed by atoms with Gasteiger partial charge >= 0.3 is 5.97 Å². The molecule has 0 aliphatic carbocycles. The Labute approximate surface area is 200 Å². The fourth-order valence-electron chi connectivity index (χ4n) is 4.83. The van der Waals surface area contributed by atoms with Crippen LogP contribution in [0.1, 0.15) is 62.4 Å². The molecule has 0 bridgehead atoms. The Morgan fingerprint density at radius 2 is 1.85 bits per heavy atom. The van der Waals surface area contributed by atoms with Gasteiger partial charge in [-0.1, -0.05) is 0 Å². The van der Waals surface area contributed by atoms with Crippen LogP contribution in [-0.4, -0.2) is 77.9 Å². The number of hydrogen-bond donors (Lipinski definition) is 1. The van der Waals surface area contributed by atoms with E-state index in [0.29, 0.717) is 24.9 Å². The molecule has 184 valence electrons. The smallest absolute Gasteiger partial charge is 0.306 e. The third-order valence-electron chi connectivity index (χ3n) is 6.52. The molecule has 2 fully saturated rings. The monoisotopic (exact) mass is 470 g/mol. The van der Waals surface area contributed by atoms with E-state index in [1.165, 1.54) is 0 Å². The molecule has 3 aliphatic rings. The number of benzene rings is 1. The van der Waals surface area contributed by atoms with Crippen molar-refractivity contribution in [1.29, 1.82) is 0 Å². The molecule has 3 aliphatic heterocycles. The fraction of sp³-hybridized carbons (Fsp3) is 0.600. The molecule has 9 heteroatoms. The molecular formula is C25H34N4O5. The summed E-state index contributed by atoms with van der Waals surface area (Å²) in [5, 5.41) is 2.34. The fourth-order valence-corrected chi connectivity index (χ4v) is 4.83. The summed E-state index contributed by atoms with van der Waals surface area (Å²) in [4.78, 5) is 54.7. The number of amides is 3. The minimum absolute atomic E-state index is 0.147. The van der Waals surface area contributed by atoms with Gasteiger partial charge in [-0.25, -0.2) is 0 Å². The number of piperazine rings is 1. The lowest BCUT2D eigenvalue weighted by Crippen LogP contribution is -2.52. The summed E-state index contributed by atoms with van der Waals surface area (Å²) in [7, 11) is 0. The van der Waals surface area contributed by atoms with Crippen LogP contribution in [0.3, 0.4) is 0 Å². The number of anilines is 1. The highest BCUT2D eigenvalue weighted by Gasteiger charge is 2.39. The van der Waals surface area contributed by atoms with E-state index in [1.807, 2.05) is 32.9 Å². The molecule has 4 rings (SSSR count). The number of carbonyl (C=O) groups is 4. The molecule has 1 aromatic rings. The largest absolute Gasteiger partial charge is 0.460 e. The lowest BCUT2D eigenvalue weighted by Gasteiger charge is -2.36. The van der Waals surface area contributed by atoms with E-state index in [1.54, 1.807) is 4.90 Å². The number of nitrogens with one attached hydrogen (secondary N) is 1. The van der Waals surface area contributed by atoms with Gasteiger partial charge in [-0.05, 0) is 63.9 Å². The first-order valence-corrected chi connectivity index (χ1v) is 12.1. The molecule has 9 nitrogen and oxygen atoms in total. The zero-order valence-corrected chi connectivity index (χ0v) is 20.3. The second-order valence-electron chi connectivity index (χ2n) is 10.3. The Morgan fingerprint density at radius 3 is 2.53 bits per heavy atom. The summed E-state index contributed by atoms with van der Waals surface area (Å²) < 4.78 is 5.37. The summed E-state index contributed by atoms with van der Waals surface area (Å²) in [6.45, 7) is 10.5. The molecule has 1 unspecified atom stereocenters.